The van der Waals surface area contributed by atoms with Gasteiger partial charge in [-0.15, -0.1) is 0 Å². The minimum Gasteiger partial charge on any atom is -0.330 e. The maximum atomic E-state index is 12.0. The van der Waals surface area contributed by atoms with Crippen molar-refractivity contribution in [3.8, 4) is 0 Å². The predicted octanol–water partition coefficient (Wildman–Crippen LogP) is 6.72. The number of carbonyl (C=O) groups excluding carboxylic acids is 1. The fourth-order valence-electron chi connectivity index (χ4n) is 4.18. The van der Waals surface area contributed by atoms with E-state index in [0.717, 1.165) is 31.4 Å². The molecule has 0 unspecified atom stereocenters. The summed E-state index contributed by atoms with van der Waals surface area (Å²) in [5.74, 6) is 0.386. The summed E-state index contributed by atoms with van der Waals surface area (Å²) in [6.07, 6.45) is 19.1. The number of nitrogens with two attached hydrogens (primary N) is 1. The van der Waals surface area contributed by atoms with Crippen molar-refractivity contribution in [1.29, 1.82) is 0 Å². The second-order valence-corrected chi connectivity index (χ2v) is 8.69. The van der Waals surface area contributed by atoms with Gasteiger partial charge in [-0.3, -0.25) is 4.79 Å². The van der Waals surface area contributed by atoms with E-state index in [1.807, 2.05) is 0 Å². The molecule has 0 aliphatic heterocycles. The molecule has 2 N–H and O–H groups in total. The van der Waals surface area contributed by atoms with Gasteiger partial charge in [-0.2, -0.15) is 0 Å². The van der Waals surface area contributed by atoms with E-state index in [-0.39, 0.29) is 5.41 Å². The first-order valence-electron chi connectivity index (χ1n) is 10.9. The van der Waals surface area contributed by atoms with E-state index in [1.165, 1.54) is 82.6 Å². The maximum Gasteiger partial charge on any atom is 0.158 e. The highest BCUT2D eigenvalue weighted by Gasteiger charge is 2.31. The van der Waals surface area contributed by atoms with Gasteiger partial charge in [0.05, 0.1) is 0 Å². The highest BCUT2D eigenvalue weighted by molar-refractivity contribution is 5.96. The summed E-state index contributed by atoms with van der Waals surface area (Å²) in [6, 6.07) is 0. The standard InChI is InChI=1S/C23H43NO/c1-20-21(23(2,3)18-17-22(20)25)16-14-12-10-8-6-4-5-7-9-11-13-15-19-24/h4-19,24H2,1-3H3. The monoisotopic (exact) mass is 349 g/mol. The number of hydrogen-bond acceptors (Lipinski definition) is 2. The lowest BCUT2D eigenvalue weighted by Crippen LogP contribution is -2.25. The van der Waals surface area contributed by atoms with Crippen LogP contribution in [0.2, 0.25) is 0 Å². The van der Waals surface area contributed by atoms with Crippen LogP contribution in [0.5, 0.6) is 0 Å². The van der Waals surface area contributed by atoms with Crippen molar-refractivity contribution in [2.75, 3.05) is 6.54 Å². The summed E-state index contributed by atoms with van der Waals surface area (Å²) in [6.45, 7) is 7.53. The number of allylic oxidation sites excluding steroid dienone is 2. The summed E-state index contributed by atoms with van der Waals surface area (Å²) in [7, 11) is 0. The minimum atomic E-state index is 0.238. The molecule has 0 aromatic rings. The van der Waals surface area contributed by atoms with Crippen LogP contribution < -0.4 is 5.73 Å². The van der Waals surface area contributed by atoms with Crippen LogP contribution in [0.15, 0.2) is 11.1 Å². The van der Waals surface area contributed by atoms with E-state index >= 15 is 0 Å². The average molecular weight is 350 g/mol. The van der Waals surface area contributed by atoms with Crippen molar-refractivity contribution in [3.63, 3.8) is 0 Å². The van der Waals surface area contributed by atoms with Crippen molar-refractivity contribution in [3.05, 3.63) is 11.1 Å². The first-order valence-corrected chi connectivity index (χ1v) is 10.9. The average Bonchev–Trinajstić information content (AvgIpc) is 2.58. The summed E-state index contributed by atoms with van der Waals surface area (Å²) in [5, 5.41) is 0. The smallest absolute Gasteiger partial charge is 0.158 e. The van der Waals surface area contributed by atoms with Crippen molar-refractivity contribution in [2.24, 2.45) is 11.1 Å². The first kappa shape index (κ1) is 22.4. The first-order chi connectivity index (χ1) is 12.0. The normalized spacial score (nSPS) is 17.4. The second kappa shape index (κ2) is 12.7. The Morgan fingerprint density at radius 2 is 1.24 bits per heavy atom. The quantitative estimate of drug-likeness (QED) is 0.354. The molecule has 0 radical (unpaired) electrons. The van der Waals surface area contributed by atoms with E-state index < -0.39 is 0 Å². The van der Waals surface area contributed by atoms with E-state index in [2.05, 4.69) is 20.8 Å². The zero-order chi connectivity index (χ0) is 18.5. The number of unbranched alkanes of at least 4 members (excludes halogenated alkanes) is 11. The van der Waals surface area contributed by atoms with Crippen molar-refractivity contribution in [2.45, 2.75) is 117 Å². The molecular formula is C23H43NO. The minimum absolute atomic E-state index is 0.238. The molecular weight excluding hydrogens is 306 g/mol. The molecule has 0 aromatic heterocycles. The van der Waals surface area contributed by atoms with Gasteiger partial charge < -0.3 is 5.73 Å². The van der Waals surface area contributed by atoms with Crippen molar-refractivity contribution in [1.82, 2.24) is 0 Å². The lowest BCUT2D eigenvalue weighted by molar-refractivity contribution is -0.116. The van der Waals surface area contributed by atoms with Gasteiger partial charge in [0.25, 0.3) is 0 Å². The van der Waals surface area contributed by atoms with Gasteiger partial charge >= 0.3 is 0 Å². The Balaban J connectivity index is 2.00. The van der Waals surface area contributed by atoms with Crippen LogP contribution in [-0.4, -0.2) is 12.3 Å². The number of Topliss-reactive ketones (excluding diaryl/α,β-unsaturated/α-hetero) is 1. The third kappa shape index (κ3) is 9.03. The molecule has 0 saturated heterocycles. The maximum absolute atomic E-state index is 12.0. The Bertz CT molecular complexity index is 408. The molecule has 0 heterocycles. The molecule has 1 aliphatic carbocycles. The van der Waals surface area contributed by atoms with Crippen LogP contribution in [0.1, 0.15) is 117 Å². The molecule has 1 rings (SSSR count). The third-order valence-corrected chi connectivity index (χ3v) is 6.05. The van der Waals surface area contributed by atoms with Gasteiger partial charge in [-0.1, -0.05) is 83.6 Å². The highest BCUT2D eigenvalue weighted by Crippen LogP contribution is 2.41. The van der Waals surface area contributed by atoms with Gasteiger partial charge in [-0.05, 0) is 50.1 Å². The second-order valence-electron chi connectivity index (χ2n) is 8.69. The SMILES string of the molecule is CC1=C(CCCCCCCCCCCCCCN)C(C)(C)CCC1=O. The Hall–Kier alpha value is -0.630. The van der Waals surface area contributed by atoms with Gasteiger partial charge in [0, 0.05) is 6.42 Å². The molecule has 1 aliphatic rings. The molecule has 0 aromatic carbocycles. The lowest BCUT2D eigenvalue weighted by Gasteiger charge is -2.34. The predicted molar refractivity (Wildman–Crippen MR) is 110 cm³/mol. The van der Waals surface area contributed by atoms with Crippen LogP contribution in [0.3, 0.4) is 0 Å². The molecule has 0 bridgehead atoms. The third-order valence-electron chi connectivity index (χ3n) is 6.05. The van der Waals surface area contributed by atoms with Crippen LogP contribution in [0, 0.1) is 5.41 Å². The topological polar surface area (TPSA) is 43.1 Å². The molecule has 0 spiro atoms. The van der Waals surface area contributed by atoms with Crippen LogP contribution in [0.4, 0.5) is 0 Å². The summed E-state index contributed by atoms with van der Waals surface area (Å²) in [5.41, 5.74) is 8.26. The molecule has 2 heteroatoms. The molecule has 0 fully saturated rings. The summed E-state index contributed by atoms with van der Waals surface area (Å²) in [4.78, 5) is 12.0. The number of rotatable bonds is 14. The molecule has 146 valence electrons. The van der Waals surface area contributed by atoms with Crippen molar-refractivity contribution < 1.29 is 4.79 Å². The number of ketones is 1. The molecule has 0 amide bonds. The Labute approximate surface area is 157 Å². The Kier molecular flexibility index (Phi) is 11.4. The summed E-state index contributed by atoms with van der Waals surface area (Å²) >= 11 is 0. The number of hydrogen-bond donors (Lipinski definition) is 1. The molecule has 0 atom stereocenters. The van der Waals surface area contributed by atoms with Crippen molar-refractivity contribution >= 4 is 5.78 Å². The fraction of sp³-hybridized carbons (Fsp3) is 0.870. The Morgan fingerprint density at radius 3 is 1.72 bits per heavy atom. The fourth-order valence-corrected chi connectivity index (χ4v) is 4.18. The van der Waals surface area contributed by atoms with E-state index in [9.17, 15) is 4.79 Å². The van der Waals surface area contributed by atoms with E-state index in [1.54, 1.807) is 0 Å². The van der Waals surface area contributed by atoms with E-state index in [4.69, 9.17) is 5.73 Å². The largest absolute Gasteiger partial charge is 0.330 e. The van der Waals surface area contributed by atoms with Gasteiger partial charge in [0.2, 0.25) is 0 Å². The van der Waals surface area contributed by atoms with Gasteiger partial charge in [0.1, 0.15) is 0 Å². The zero-order valence-electron chi connectivity index (χ0n) is 17.3. The summed E-state index contributed by atoms with van der Waals surface area (Å²) < 4.78 is 0. The Morgan fingerprint density at radius 1 is 0.800 bits per heavy atom. The van der Waals surface area contributed by atoms with Crippen LogP contribution in [0.25, 0.3) is 0 Å². The lowest BCUT2D eigenvalue weighted by atomic mass is 9.70. The van der Waals surface area contributed by atoms with Gasteiger partial charge in [-0.25, -0.2) is 0 Å². The number of carbonyl (C=O) groups is 1. The molecule has 2 nitrogen and oxygen atoms in total. The van der Waals surface area contributed by atoms with Gasteiger partial charge in [0.15, 0.2) is 5.78 Å². The van der Waals surface area contributed by atoms with Crippen LogP contribution in [-0.2, 0) is 4.79 Å². The molecule has 25 heavy (non-hydrogen) atoms. The highest BCUT2D eigenvalue weighted by atomic mass is 16.1. The van der Waals surface area contributed by atoms with Crippen LogP contribution >= 0.6 is 0 Å². The molecule has 0 saturated carbocycles. The zero-order valence-corrected chi connectivity index (χ0v) is 17.3. The van der Waals surface area contributed by atoms with E-state index in [0.29, 0.717) is 5.78 Å².